The van der Waals surface area contributed by atoms with Crippen molar-refractivity contribution in [1.82, 2.24) is 9.97 Å². The highest BCUT2D eigenvalue weighted by atomic mass is 19.1. The van der Waals surface area contributed by atoms with E-state index in [-0.39, 0.29) is 11.6 Å². The van der Waals surface area contributed by atoms with Crippen molar-refractivity contribution >= 4 is 5.78 Å². The SMILES string of the molecule is Cc1cccc(-c2nc(-c3ccccc3)c(-c3ccc(C(=O)c4ccc(F)cc4)cc3)[nH]2)c1. The number of ketones is 1. The molecule has 1 aromatic heterocycles. The molecule has 1 N–H and O–H groups in total. The number of benzene rings is 4. The van der Waals surface area contributed by atoms with Gasteiger partial charge in [-0.25, -0.2) is 9.37 Å². The minimum atomic E-state index is -0.362. The van der Waals surface area contributed by atoms with Crippen molar-refractivity contribution in [3.63, 3.8) is 0 Å². The molecule has 4 aromatic carbocycles. The number of carbonyl (C=O) groups excluding carboxylic acids is 1. The minimum Gasteiger partial charge on any atom is -0.337 e. The Kier molecular flexibility index (Phi) is 5.41. The van der Waals surface area contributed by atoms with Crippen LogP contribution < -0.4 is 0 Å². The highest BCUT2D eigenvalue weighted by molar-refractivity contribution is 6.09. The molecule has 5 rings (SSSR count). The van der Waals surface area contributed by atoms with Crippen LogP contribution in [-0.4, -0.2) is 15.8 Å². The number of halogens is 1. The fourth-order valence-corrected chi connectivity index (χ4v) is 3.87. The third kappa shape index (κ3) is 4.23. The molecule has 0 saturated heterocycles. The molecule has 0 aliphatic carbocycles. The fourth-order valence-electron chi connectivity index (χ4n) is 3.87. The molecular formula is C29H21FN2O. The zero-order valence-corrected chi connectivity index (χ0v) is 18.0. The lowest BCUT2D eigenvalue weighted by Gasteiger charge is -2.06. The number of aryl methyl sites for hydroxylation is 1. The number of hydrogen-bond donors (Lipinski definition) is 1. The van der Waals surface area contributed by atoms with Gasteiger partial charge in [-0.05, 0) is 37.3 Å². The van der Waals surface area contributed by atoms with Gasteiger partial charge in [0.15, 0.2) is 5.78 Å². The summed E-state index contributed by atoms with van der Waals surface area (Å²) in [6, 6.07) is 31.3. The van der Waals surface area contributed by atoms with Crippen molar-refractivity contribution in [3.8, 4) is 33.9 Å². The average molecular weight is 432 g/mol. The van der Waals surface area contributed by atoms with Crippen LogP contribution in [0.5, 0.6) is 0 Å². The second-order valence-electron chi connectivity index (χ2n) is 7.96. The molecule has 0 radical (unpaired) electrons. The first-order chi connectivity index (χ1) is 16.1. The number of hydrogen-bond acceptors (Lipinski definition) is 2. The number of aromatic nitrogens is 2. The first-order valence-corrected chi connectivity index (χ1v) is 10.7. The van der Waals surface area contributed by atoms with Gasteiger partial charge in [0.05, 0.1) is 11.4 Å². The number of carbonyl (C=O) groups is 1. The lowest BCUT2D eigenvalue weighted by molar-refractivity contribution is 0.103. The Morgan fingerprint density at radius 2 is 1.36 bits per heavy atom. The van der Waals surface area contributed by atoms with Crippen molar-refractivity contribution in [1.29, 1.82) is 0 Å². The number of nitrogens with one attached hydrogen (secondary N) is 1. The van der Waals surface area contributed by atoms with Gasteiger partial charge in [0.1, 0.15) is 11.6 Å². The Morgan fingerprint density at radius 3 is 2.03 bits per heavy atom. The van der Waals surface area contributed by atoms with Gasteiger partial charge in [0, 0.05) is 27.8 Å². The number of H-pyrrole nitrogens is 1. The van der Waals surface area contributed by atoms with Gasteiger partial charge >= 0.3 is 0 Å². The predicted octanol–water partition coefficient (Wildman–Crippen LogP) is 7.09. The third-order valence-electron chi connectivity index (χ3n) is 5.58. The maximum absolute atomic E-state index is 13.2. The molecule has 0 fully saturated rings. The maximum Gasteiger partial charge on any atom is 0.193 e. The quantitative estimate of drug-likeness (QED) is 0.301. The lowest BCUT2D eigenvalue weighted by atomic mass is 10.00. The lowest BCUT2D eigenvalue weighted by Crippen LogP contribution is -2.01. The molecule has 33 heavy (non-hydrogen) atoms. The van der Waals surface area contributed by atoms with Gasteiger partial charge < -0.3 is 4.98 Å². The zero-order chi connectivity index (χ0) is 22.8. The molecule has 0 saturated carbocycles. The van der Waals surface area contributed by atoms with Gasteiger partial charge in [-0.3, -0.25) is 4.79 Å². The van der Waals surface area contributed by atoms with Crippen LogP contribution in [0.4, 0.5) is 4.39 Å². The van der Waals surface area contributed by atoms with Crippen molar-refractivity contribution in [2.45, 2.75) is 6.92 Å². The van der Waals surface area contributed by atoms with E-state index in [1.54, 1.807) is 12.1 Å². The summed E-state index contributed by atoms with van der Waals surface area (Å²) in [7, 11) is 0. The highest BCUT2D eigenvalue weighted by Gasteiger charge is 2.16. The summed E-state index contributed by atoms with van der Waals surface area (Å²) in [5.74, 6) is 0.285. The van der Waals surface area contributed by atoms with Crippen LogP contribution in [0, 0.1) is 12.7 Å². The molecule has 0 bridgehead atoms. The summed E-state index contributed by atoms with van der Waals surface area (Å²) in [4.78, 5) is 21.2. The van der Waals surface area contributed by atoms with Gasteiger partial charge in [-0.2, -0.15) is 0 Å². The Bertz CT molecular complexity index is 1420. The molecule has 3 nitrogen and oxygen atoms in total. The highest BCUT2D eigenvalue weighted by Crippen LogP contribution is 2.33. The van der Waals surface area contributed by atoms with Crippen molar-refractivity contribution < 1.29 is 9.18 Å². The second kappa shape index (κ2) is 8.67. The van der Waals surface area contributed by atoms with Gasteiger partial charge in [0.2, 0.25) is 0 Å². The number of rotatable bonds is 5. The Hall–Kier alpha value is -4.31. The van der Waals surface area contributed by atoms with Gasteiger partial charge in [-0.1, -0.05) is 78.4 Å². The second-order valence-corrected chi connectivity index (χ2v) is 7.96. The summed E-state index contributed by atoms with van der Waals surface area (Å²) < 4.78 is 13.2. The Morgan fingerprint density at radius 1 is 0.727 bits per heavy atom. The third-order valence-corrected chi connectivity index (χ3v) is 5.58. The maximum atomic E-state index is 13.2. The van der Waals surface area contributed by atoms with Crippen molar-refractivity contribution in [2.75, 3.05) is 0 Å². The first-order valence-electron chi connectivity index (χ1n) is 10.7. The standard InChI is InChI=1S/C29H21FN2O/c1-19-6-5-9-24(18-19)29-31-26(20-7-3-2-4-8-20)27(32-29)21-10-12-22(13-11-21)28(33)23-14-16-25(30)17-15-23/h2-18H,1H3,(H,31,32). The van der Waals surface area contributed by atoms with E-state index in [1.807, 2.05) is 54.6 Å². The molecule has 0 unspecified atom stereocenters. The average Bonchev–Trinajstić information content (AvgIpc) is 3.30. The monoisotopic (exact) mass is 432 g/mol. The normalized spacial score (nSPS) is 10.8. The van der Waals surface area contributed by atoms with Crippen LogP contribution in [0.1, 0.15) is 21.5 Å². The van der Waals surface area contributed by atoms with E-state index in [2.05, 4.69) is 24.0 Å². The van der Waals surface area contributed by atoms with Crippen LogP contribution in [0.3, 0.4) is 0 Å². The summed E-state index contributed by atoms with van der Waals surface area (Å²) >= 11 is 0. The van der Waals surface area contributed by atoms with Crippen LogP contribution in [0.25, 0.3) is 33.9 Å². The molecule has 1 heterocycles. The summed E-state index contributed by atoms with van der Waals surface area (Å²) in [5.41, 5.74) is 6.85. The van der Waals surface area contributed by atoms with E-state index in [0.29, 0.717) is 11.1 Å². The number of imidazole rings is 1. The molecule has 0 aliphatic heterocycles. The van der Waals surface area contributed by atoms with E-state index in [1.165, 1.54) is 24.3 Å². The topological polar surface area (TPSA) is 45.8 Å². The van der Waals surface area contributed by atoms with Crippen LogP contribution in [0.2, 0.25) is 0 Å². The molecule has 0 atom stereocenters. The molecular weight excluding hydrogens is 411 g/mol. The van der Waals surface area contributed by atoms with Crippen LogP contribution in [0.15, 0.2) is 103 Å². The van der Waals surface area contributed by atoms with E-state index >= 15 is 0 Å². The molecule has 0 amide bonds. The smallest absolute Gasteiger partial charge is 0.193 e. The van der Waals surface area contributed by atoms with E-state index in [4.69, 9.17) is 4.98 Å². The van der Waals surface area contributed by atoms with E-state index < -0.39 is 0 Å². The number of nitrogens with zero attached hydrogens (tertiary/aromatic N) is 1. The van der Waals surface area contributed by atoms with Crippen LogP contribution >= 0.6 is 0 Å². The Balaban J connectivity index is 1.55. The summed E-state index contributed by atoms with van der Waals surface area (Å²) in [6.45, 7) is 2.06. The minimum absolute atomic E-state index is 0.144. The van der Waals surface area contributed by atoms with Gasteiger partial charge in [-0.15, -0.1) is 0 Å². The van der Waals surface area contributed by atoms with E-state index in [9.17, 15) is 9.18 Å². The molecule has 0 spiro atoms. The predicted molar refractivity (Wildman–Crippen MR) is 129 cm³/mol. The molecule has 4 heteroatoms. The largest absolute Gasteiger partial charge is 0.337 e. The number of aromatic amines is 1. The zero-order valence-electron chi connectivity index (χ0n) is 18.0. The molecule has 160 valence electrons. The summed E-state index contributed by atoms with van der Waals surface area (Å²) in [6.07, 6.45) is 0. The Labute approximate surface area is 191 Å². The van der Waals surface area contributed by atoms with E-state index in [0.717, 1.165) is 39.5 Å². The molecule has 5 aromatic rings. The first kappa shape index (κ1) is 20.6. The molecule has 0 aliphatic rings. The fraction of sp³-hybridized carbons (Fsp3) is 0.0345. The van der Waals surface area contributed by atoms with Crippen molar-refractivity contribution in [2.24, 2.45) is 0 Å². The summed E-state index contributed by atoms with van der Waals surface area (Å²) in [5, 5.41) is 0. The van der Waals surface area contributed by atoms with Crippen LogP contribution in [-0.2, 0) is 0 Å². The van der Waals surface area contributed by atoms with Gasteiger partial charge in [0.25, 0.3) is 0 Å². The van der Waals surface area contributed by atoms with Crippen molar-refractivity contribution in [3.05, 3.63) is 126 Å².